The van der Waals surface area contributed by atoms with E-state index in [0.29, 0.717) is 12.0 Å². The molecule has 2 rings (SSSR count). The molecule has 2 atom stereocenters. The number of hydrogen-bond acceptors (Lipinski definition) is 2. The smallest absolute Gasteiger partial charge is 0.0492 e. The van der Waals surface area contributed by atoms with Crippen molar-refractivity contribution in [3.63, 3.8) is 0 Å². The fourth-order valence-corrected chi connectivity index (χ4v) is 2.95. The lowest BCUT2D eigenvalue weighted by atomic mass is 9.94. The summed E-state index contributed by atoms with van der Waals surface area (Å²) in [6.07, 6.45) is 9.83. The Hall–Kier alpha value is -0.830. The molecule has 1 aromatic rings. The summed E-state index contributed by atoms with van der Waals surface area (Å²) in [7, 11) is 2.06. The third-order valence-corrected chi connectivity index (χ3v) is 3.88. The maximum Gasteiger partial charge on any atom is 0.0492 e. The van der Waals surface area contributed by atoms with Crippen LogP contribution >= 0.6 is 0 Å². The fourth-order valence-electron chi connectivity index (χ4n) is 2.95. The molecule has 1 saturated carbocycles. The number of nitrogens with one attached hydrogen (secondary N) is 1. The second-order valence-corrected chi connectivity index (χ2v) is 5.25. The first-order valence-corrected chi connectivity index (χ1v) is 7.02. The van der Waals surface area contributed by atoms with E-state index >= 15 is 0 Å². The third kappa shape index (κ3) is 3.32. The quantitative estimate of drug-likeness (QED) is 0.813. The van der Waals surface area contributed by atoms with E-state index in [1.807, 2.05) is 10.9 Å². The van der Waals surface area contributed by atoms with Crippen molar-refractivity contribution in [2.24, 2.45) is 7.05 Å². The molecule has 1 aromatic heterocycles. The van der Waals surface area contributed by atoms with Crippen molar-refractivity contribution in [2.75, 3.05) is 6.54 Å². The summed E-state index contributed by atoms with van der Waals surface area (Å²) < 4.78 is 2.05. The lowest BCUT2D eigenvalue weighted by Crippen LogP contribution is -2.30. The molecule has 3 nitrogen and oxygen atoms in total. The molecular weight excluding hydrogens is 210 g/mol. The summed E-state index contributed by atoms with van der Waals surface area (Å²) in [6, 6.07) is 2.89. The Morgan fingerprint density at radius 1 is 1.41 bits per heavy atom. The molecule has 2 unspecified atom stereocenters. The molecule has 0 amide bonds. The summed E-state index contributed by atoms with van der Waals surface area (Å²) in [5, 5.41) is 8.00. The second kappa shape index (κ2) is 6.20. The van der Waals surface area contributed by atoms with Crippen molar-refractivity contribution >= 4 is 0 Å². The molecule has 0 aliphatic heterocycles. The van der Waals surface area contributed by atoms with E-state index in [4.69, 9.17) is 0 Å². The predicted octanol–water partition coefficient (Wildman–Crippen LogP) is 2.84. The Morgan fingerprint density at radius 3 is 2.94 bits per heavy atom. The molecule has 3 heteroatoms. The number of aromatic nitrogens is 2. The average molecular weight is 235 g/mol. The highest BCUT2D eigenvalue weighted by molar-refractivity contribution is 5.08. The first-order chi connectivity index (χ1) is 8.31. The zero-order valence-electron chi connectivity index (χ0n) is 11.2. The van der Waals surface area contributed by atoms with Gasteiger partial charge >= 0.3 is 0 Å². The van der Waals surface area contributed by atoms with Gasteiger partial charge in [-0.1, -0.05) is 19.8 Å². The van der Waals surface area contributed by atoms with E-state index in [0.717, 1.165) is 6.54 Å². The van der Waals surface area contributed by atoms with Gasteiger partial charge in [-0.25, -0.2) is 0 Å². The highest BCUT2D eigenvalue weighted by atomic mass is 15.3. The van der Waals surface area contributed by atoms with Gasteiger partial charge in [-0.05, 0) is 38.3 Å². The molecule has 1 N–H and O–H groups in total. The summed E-state index contributed by atoms with van der Waals surface area (Å²) in [4.78, 5) is 0. The van der Waals surface area contributed by atoms with Crippen molar-refractivity contribution in [2.45, 2.75) is 57.4 Å². The fraction of sp³-hybridized carbons (Fsp3) is 0.786. The number of aryl methyl sites for hydroxylation is 1. The Balaban J connectivity index is 1.99. The molecule has 1 heterocycles. The standard InChI is InChI=1S/C14H25N3/c1-3-9-15-13-7-5-4-6-12(11-13)14-8-10-16-17(14)2/h8,10,12-13,15H,3-7,9,11H2,1-2H3. The van der Waals surface area contributed by atoms with Gasteiger partial charge in [-0.2, -0.15) is 5.10 Å². The molecule has 0 bridgehead atoms. The largest absolute Gasteiger partial charge is 0.314 e. The molecule has 0 aromatic carbocycles. The first kappa shape index (κ1) is 12.6. The Morgan fingerprint density at radius 2 is 2.24 bits per heavy atom. The van der Waals surface area contributed by atoms with Crippen LogP contribution in [0.5, 0.6) is 0 Å². The van der Waals surface area contributed by atoms with Crippen LogP contribution in [-0.2, 0) is 7.05 Å². The van der Waals surface area contributed by atoms with E-state index < -0.39 is 0 Å². The number of nitrogens with zero attached hydrogens (tertiary/aromatic N) is 2. The lowest BCUT2D eigenvalue weighted by Gasteiger charge is -2.21. The van der Waals surface area contributed by atoms with E-state index in [-0.39, 0.29) is 0 Å². The van der Waals surface area contributed by atoms with E-state index in [1.165, 1.54) is 44.2 Å². The third-order valence-electron chi connectivity index (χ3n) is 3.88. The van der Waals surface area contributed by atoms with Gasteiger partial charge in [-0.3, -0.25) is 4.68 Å². The van der Waals surface area contributed by atoms with Crippen LogP contribution < -0.4 is 5.32 Å². The van der Waals surface area contributed by atoms with E-state index in [2.05, 4.69) is 30.5 Å². The van der Waals surface area contributed by atoms with E-state index in [9.17, 15) is 0 Å². The van der Waals surface area contributed by atoms with E-state index in [1.54, 1.807) is 0 Å². The van der Waals surface area contributed by atoms with Crippen LogP contribution in [0.1, 0.15) is 57.1 Å². The Labute approximate surface area is 105 Å². The second-order valence-electron chi connectivity index (χ2n) is 5.25. The first-order valence-electron chi connectivity index (χ1n) is 7.02. The lowest BCUT2D eigenvalue weighted by molar-refractivity contribution is 0.430. The summed E-state index contributed by atoms with van der Waals surface area (Å²) in [6.45, 7) is 3.39. The molecule has 0 saturated heterocycles. The minimum atomic E-state index is 0.694. The monoisotopic (exact) mass is 235 g/mol. The van der Waals surface area contributed by atoms with Gasteiger partial charge in [0, 0.05) is 30.9 Å². The van der Waals surface area contributed by atoms with Crippen LogP contribution in [0.25, 0.3) is 0 Å². The van der Waals surface area contributed by atoms with Gasteiger partial charge in [0.25, 0.3) is 0 Å². The minimum absolute atomic E-state index is 0.694. The highest BCUT2D eigenvalue weighted by Crippen LogP contribution is 2.31. The topological polar surface area (TPSA) is 29.9 Å². The van der Waals surface area contributed by atoms with Crippen LogP contribution in [0.2, 0.25) is 0 Å². The molecule has 0 spiro atoms. The number of hydrogen-bond donors (Lipinski definition) is 1. The van der Waals surface area contributed by atoms with Crippen LogP contribution in [0.3, 0.4) is 0 Å². The highest BCUT2D eigenvalue weighted by Gasteiger charge is 2.22. The van der Waals surface area contributed by atoms with Gasteiger partial charge in [-0.15, -0.1) is 0 Å². The van der Waals surface area contributed by atoms with Crippen molar-refractivity contribution in [1.82, 2.24) is 15.1 Å². The maximum atomic E-state index is 4.31. The van der Waals surface area contributed by atoms with Crippen molar-refractivity contribution < 1.29 is 0 Å². The van der Waals surface area contributed by atoms with Gasteiger partial charge in [0.2, 0.25) is 0 Å². The molecule has 17 heavy (non-hydrogen) atoms. The SMILES string of the molecule is CCCNC1CCCCC(c2ccnn2C)C1. The zero-order valence-corrected chi connectivity index (χ0v) is 11.2. The Bertz CT molecular complexity index is 332. The predicted molar refractivity (Wildman–Crippen MR) is 71.1 cm³/mol. The molecular formula is C14H25N3. The molecule has 1 fully saturated rings. The van der Waals surface area contributed by atoms with Crippen LogP contribution in [-0.4, -0.2) is 22.4 Å². The van der Waals surface area contributed by atoms with Gasteiger partial charge < -0.3 is 5.32 Å². The maximum absolute atomic E-state index is 4.31. The molecule has 1 aliphatic carbocycles. The molecule has 0 radical (unpaired) electrons. The van der Waals surface area contributed by atoms with Gasteiger partial charge in [0.05, 0.1) is 0 Å². The minimum Gasteiger partial charge on any atom is -0.314 e. The normalized spacial score (nSPS) is 25.8. The van der Waals surface area contributed by atoms with Crippen LogP contribution in [0, 0.1) is 0 Å². The summed E-state index contributed by atoms with van der Waals surface area (Å²) in [5.74, 6) is 0.694. The van der Waals surface area contributed by atoms with Crippen molar-refractivity contribution in [3.05, 3.63) is 18.0 Å². The summed E-state index contributed by atoms with van der Waals surface area (Å²) in [5.41, 5.74) is 1.41. The Kier molecular flexibility index (Phi) is 4.60. The van der Waals surface area contributed by atoms with Crippen LogP contribution in [0.4, 0.5) is 0 Å². The van der Waals surface area contributed by atoms with Gasteiger partial charge in [0.1, 0.15) is 0 Å². The zero-order chi connectivity index (χ0) is 12.1. The number of rotatable bonds is 4. The molecule has 1 aliphatic rings. The van der Waals surface area contributed by atoms with Crippen LogP contribution in [0.15, 0.2) is 12.3 Å². The van der Waals surface area contributed by atoms with Crippen molar-refractivity contribution in [3.8, 4) is 0 Å². The summed E-state index contributed by atoms with van der Waals surface area (Å²) >= 11 is 0. The molecule has 96 valence electrons. The van der Waals surface area contributed by atoms with Gasteiger partial charge in [0.15, 0.2) is 0 Å². The average Bonchev–Trinajstić information content (AvgIpc) is 2.63. The van der Waals surface area contributed by atoms with Crippen molar-refractivity contribution in [1.29, 1.82) is 0 Å².